The number of Topliss-reactive ketones (excluding diaryl/α,β-unsaturated/α-hetero) is 1. The zero-order chi connectivity index (χ0) is 42.8. The van der Waals surface area contributed by atoms with Gasteiger partial charge in [0.1, 0.15) is 0 Å². The molecule has 6 aromatic rings. The number of nitrogens with one attached hydrogen (secondary N) is 2. The van der Waals surface area contributed by atoms with Gasteiger partial charge in [0.25, 0.3) is 0 Å². The number of carbonyl (C=O) groups excluding carboxylic acids is 2. The summed E-state index contributed by atoms with van der Waals surface area (Å²) in [6, 6.07) is 28.8. The normalized spacial score (nSPS) is 10.9. The van der Waals surface area contributed by atoms with E-state index in [1.807, 2.05) is 93.2 Å². The topological polar surface area (TPSA) is 191 Å². The van der Waals surface area contributed by atoms with E-state index in [0.29, 0.717) is 57.3 Å². The fourth-order valence-corrected chi connectivity index (χ4v) is 6.98. The fourth-order valence-electron chi connectivity index (χ4n) is 6.98. The Morgan fingerprint density at radius 2 is 1.03 bits per heavy atom. The number of benzene rings is 3. The molecule has 0 spiro atoms. The number of aromatic nitrogens is 3. The molecule has 3 heterocycles. The van der Waals surface area contributed by atoms with Crippen molar-refractivity contribution in [2.75, 3.05) is 13.2 Å². The molecule has 0 aliphatic rings. The number of amides is 1. The van der Waals surface area contributed by atoms with Gasteiger partial charge in [-0.25, -0.2) is 4.57 Å². The number of hydrogen-bond acceptors (Lipinski definition) is 9. The second kappa shape index (κ2) is 20.2. The maximum Gasteiger partial charge on any atom is 0.488 e. The summed E-state index contributed by atoms with van der Waals surface area (Å²) in [6.45, 7) is 6.56. The molecule has 1 amide bonds. The van der Waals surface area contributed by atoms with E-state index >= 15 is 0 Å². The Hall–Kier alpha value is -6.10. The first-order chi connectivity index (χ1) is 28.9. The molecular formula is C44H47B3N5O8+3. The number of carbonyl (C=O) groups is 2. The Kier molecular flexibility index (Phi) is 14.7. The van der Waals surface area contributed by atoms with Crippen LogP contribution < -0.4 is 40.7 Å². The minimum absolute atomic E-state index is 0.124. The van der Waals surface area contributed by atoms with Crippen molar-refractivity contribution in [1.82, 2.24) is 10.6 Å². The molecule has 3 aromatic heterocycles. The van der Waals surface area contributed by atoms with Crippen LogP contribution in [0.3, 0.4) is 0 Å². The highest BCUT2D eigenvalue weighted by Crippen LogP contribution is 2.25. The molecule has 0 saturated carbocycles. The van der Waals surface area contributed by atoms with Crippen LogP contribution in [0.2, 0.25) is 0 Å². The first-order valence-electron chi connectivity index (χ1n) is 19.4. The molecule has 3 aromatic carbocycles. The number of pyridine rings is 3. The highest BCUT2D eigenvalue weighted by molar-refractivity contribution is 6.60. The second-order valence-electron chi connectivity index (χ2n) is 14.6. The molecule has 0 aliphatic carbocycles. The number of ketones is 1. The van der Waals surface area contributed by atoms with Crippen LogP contribution in [0.25, 0.3) is 22.3 Å². The maximum atomic E-state index is 13.8. The zero-order valence-corrected chi connectivity index (χ0v) is 33.2. The van der Waals surface area contributed by atoms with Gasteiger partial charge >= 0.3 is 21.4 Å². The van der Waals surface area contributed by atoms with Gasteiger partial charge in [0.05, 0.1) is 34.5 Å². The molecule has 60 heavy (non-hydrogen) atoms. The van der Waals surface area contributed by atoms with E-state index in [1.54, 1.807) is 61.7 Å². The van der Waals surface area contributed by atoms with Gasteiger partial charge < -0.3 is 35.5 Å². The monoisotopic (exact) mass is 806 g/mol. The second-order valence-corrected chi connectivity index (χ2v) is 14.6. The van der Waals surface area contributed by atoms with Crippen molar-refractivity contribution in [3.05, 3.63) is 169 Å². The van der Waals surface area contributed by atoms with E-state index in [4.69, 9.17) is 0 Å². The first-order valence-corrected chi connectivity index (χ1v) is 19.4. The molecule has 0 fully saturated rings. The lowest BCUT2D eigenvalue weighted by Gasteiger charge is -2.11. The molecule has 8 N–H and O–H groups in total. The SMILES string of the molecule is C=C(C)C(=O)NCNCCC(=O)c1cc(-c2cc(-c3ccc[n+](Cc4ccccc4B(O)O)c3)c[n+](Cc3ccccc3B(O)O)c2)c[n+](Cc2ccccc2B(O)O)c1. The Bertz CT molecular complexity index is 2500. The van der Waals surface area contributed by atoms with Crippen molar-refractivity contribution in [3.8, 4) is 22.3 Å². The number of nitrogens with zero attached hydrogens (tertiary/aromatic N) is 3. The fraction of sp³-hybridized carbons (Fsp3) is 0.159. The molecule has 0 bridgehead atoms. The van der Waals surface area contributed by atoms with E-state index in [1.165, 1.54) is 0 Å². The molecule has 13 nitrogen and oxygen atoms in total. The van der Waals surface area contributed by atoms with Crippen molar-refractivity contribution in [1.29, 1.82) is 0 Å². The predicted molar refractivity (Wildman–Crippen MR) is 229 cm³/mol. The van der Waals surface area contributed by atoms with Crippen LogP contribution in [0.4, 0.5) is 0 Å². The molecule has 0 radical (unpaired) electrons. The van der Waals surface area contributed by atoms with Crippen LogP contribution >= 0.6 is 0 Å². The first kappa shape index (κ1) is 43.5. The van der Waals surface area contributed by atoms with Gasteiger partial charge in [-0.1, -0.05) is 79.4 Å². The average molecular weight is 806 g/mol. The lowest BCUT2D eigenvalue weighted by Crippen LogP contribution is -2.42. The summed E-state index contributed by atoms with van der Waals surface area (Å²) in [5.41, 5.74) is 7.03. The highest BCUT2D eigenvalue weighted by atomic mass is 16.4. The summed E-state index contributed by atoms with van der Waals surface area (Å²) in [5.74, 6) is -0.449. The van der Waals surface area contributed by atoms with Crippen molar-refractivity contribution in [2.45, 2.75) is 33.0 Å². The molecule has 0 aliphatic heterocycles. The van der Waals surface area contributed by atoms with Crippen molar-refractivity contribution >= 4 is 49.4 Å². The molecular weight excluding hydrogens is 759 g/mol. The Labute approximate surface area is 349 Å². The quantitative estimate of drug-likeness (QED) is 0.0133. The lowest BCUT2D eigenvalue weighted by atomic mass is 9.77. The molecule has 0 atom stereocenters. The lowest BCUT2D eigenvalue weighted by molar-refractivity contribution is -0.689. The summed E-state index contributed by atoms with van der Waals surface area (Å²) >= 11 is 0. The van der Waals surface area contributed by atoms with Gasteiger partial charge in [0.2, 0.25) is 5.91 Å². The van der Waals surface area contributed by atoms with Crippen LogP contribution in [0.5, 0.6) is 0 Å². The van der Waals surface area contributed by atoms with Crippen molar-refractivity contribution in [2.24, 2.45) is 0 Å². The van der Waals surface area contributed by atoms with E-state index in [9.17, 15) is 39.7 Å². The minimum Gasteiger partial charge on any atom is -0.423 e. The zero-order valence-electron chi connectivity index (χ0n) is 33.2. The average Bonchev–Trinajstić information content (AvgIpc) is 3.23. The number of rotatable bonds is 18. The summed E-state index contributed by atoms with van der Waals surface area (Å²) in [6.07, 6.45) is 11.5. The van der Waals surface area contributed by atoms with E-state index in [0.717, 1.165) is 22.3 Å². The minimum atomic E-state index is -1.70. The smallest absolute Gasteiger partial charge is 0.423 e. The van der Waals surface area contributed by atoms with Gasteiger partial charge in [0, 0.05) is 41.3 Å². The Morgan fingerprint density at radius 3 is 1.55 bits per heavy atom. The summed E-state index contributed by atoms with van der Waals surface area (Å²) in [5, 5.41) is 66.4. The highest BCUT2D eigenvalue weighted by Gasteiger charge is 2.24. The molecule has 6 rings (SSSR count). The number of hydrogen-bond donors (Lipinski definition) is 8. The Balaban J connectivity index is 1.43. The van der Waals surface area contributed by atoms with Crippen LogP contribution in [0, 0.1) is 0 Å². The summed E-state index contributed by atoms with van der Waals surface area (Å²) < 4.78 is 5.73. The van der Waals surface area contributed by atoms with E-state index in [2.05, 4.69) is 17.2 Å². The van der Waals surface area contributed by atoms with E-state index in [-0.39, 0.29) is 37.9 Å². The van der Waals surface area contributed by atoms with Gasteiger partial charge in [-0.2, -0.15) is 9.13 Å². The van der Waals surface area contributed by atoms with Gasteiger partial charge in [-0.05, 0) is 41.5 Å². The molecule has 302 valence electrons. The van der Waals surface area contributed by atoms with Crippen LogP contribution in [-0.4, -0.2) is 76.4 Å². The standard InChI is InChI=1S/C44H46B3N5O8/c1-31(2)44(54)49-30-48-18-17-43(53)39-21-38(28-52(29-39)25-35-12-5-8-16-42(35)47(59)60)37-20-36(26-51(27-37)24-34-11-4-7-15-41(34)46(57)58)32-13-9-19-50(22-32)23-33-10-3-6-14-40(33)45(55)56/h3-16,19-22,26-29,48,55-60H,1,17-18,23-25,30H2,2H3/q+2/p+1. The third-order valence-electron chi connectivity index (χ3n) is 10.0. The molecule has 0 unspecified atom stereocenters. The molecule has 0 saturated heterocycles. The molecule has 16 heteroatoms. The maximum absolute atomic E-state index is 13.8. The van der Waals surface area contributed by atoms with Crippen molar-refractivity contribution < 1.29 is 53.4 Å². The van der Waals surface area contributed by atoms with Crippen LogP contribution in [0.15, 0.2) is 146 Å². The van der Waals surface area contributed by atoms with Crippen molar-refractivity contribution in [3.63, 3.8) is 0 Å². The third-order valence-corrected chi connectivity index (χ3v) is 10.0. The van der Waals surface area contributed by atoms with Crippen LogP contribution in [0.1, 0.15) is 40.4 Å². The van der Waals surface area contributed by atoms with Gasteiger partial charge in [-0.3, -0.25) is 14.9 Å². The largest absolute Gasteiger partial charge is 0.488 e. The summed E-state index contributed by atoms with van der Waals surface area (Å²) in [4.78, 5) is 25.7. The third kappa shape index (κ3) is 11.3. The van der Waals surface area contributed by atoms with Crippen LogP contribution in [-0.2, 0) is 24.4 Å². The Morgan fingerprint density at radius 1 is 0.583 bits per heavy atom. The van der Waals surface area contributed by atoms with E-state index < -0.39 is 21.4 Å². The predicted octanol–water partition coefficient (Wildman–Crippen LogP) is -1.12. The van der Waals surface area contributed by atoms with Gasteiger partial charge in [-0.15, -0.1) is 0 Å². The summed E-state index contributed by atoms with van der Waals surface area (Å²) in [7, 11) is -5.01. The van der Waals surface area contributed by atoms with Gasteiger partial charge in [0.15, 0.2) is 62.6 Å².